The van der Waals surface area contributed by atoms with E-state index in [4.69, 9.17) is 4.98 Å². The summed E-state index contributed by atoms with van der Waals surface area (Å²) in [6.07, 6.45) is 7.50. The number of nitrogens with zero attached hydrogens (tertiary/aromatic N) is 4. The van der Waals surface area contributed by atoms with Gasteiger partial charge < -0.3 is 5.32 Å². The maximum absolute atomic E-state index is 13.4. The summed E-state index contributed by atoms with van der Waals surface area (Å²) in [5.41, 5.74) is 0.933. The van der Waals surface area contributed by atoms with Crippen molar-refractivity contribution in [1.29, 1.82) is 0 Å². The molecule has 0 amide bonds. The lowest BCUT2D eigenvalue weighted by atomic mass is 9.96. The molecule has 2 aromatic heterocycles. The lowest BCUT2D eigenvalue weighted by molar-refractivity contribution is 0.459. The van der Waals surface area contributed by atoms with Crippen molar-refractivity contribution in [3.8, 4) is 0 Å². The van der Waals surface area contributed by atoms with Crippen molar-refractivity contribution in [2.24, 2.45) is 0 Å². The minimum Gasteiger partial charge on any atom is -0.353 e. The number of rotatable bonds is 8. The molecule has 1 aromatic carbocycles. The second-order valence-electron chi connectivity index (χ2n) is 9.07. The van der Waals surface area contributed by atoms with Crippen LogP contribution in [0.15, 0.2) is 38.8 Å². The number of hydrogen-bond donors (Lipinski definition) is 1. The lowest BCUT2D eigenvalue weighted by Crippen LogP contribution is -2.40. The van der Waals surface area contributed by atoms with Crippen LogP contribution in [0.2, 0.25) is 0 Å². The van der Waals surface area contributed by atoms with Crippen LogP contribution in [0.3, 0.4) is 0 Å². The van der Waals surface area contributed by atoms with Crippen molar-refractivity contribution in [3.63, 3.8) is 0 Å². The Morgan fingerprint density at radius 2 is 1.68 bits per heavy atom. The number of nitrogens with one attached hydrogen (secondary N) is 1. The van der Waals surface area contributed by atoms with E-state index in [-0.39, 0.29) is 28.7 Å². The monoisotopic (exact) mass is 487 g/mol. The average Bonchev–Trinajstić information content (AvgIpc) is 3.15. The van der Waals surface area contributed by atoms with E-state index < -0.39 is 9.84 Å². The third-order valence-electron chi connectivity index (χ3n) is 6.51. The van der Waals surface area contributed by atoms with E-state index in [1.807, 2.05) is 11.5 Å². The van der Waals surface area contributed by atoms with Gasteiger partial charge in [0.25, 0.3) is 5.56 Å². The summed E-state index contributed by atoms with van der Waals surface area (Å²) in [6, 6.07) is 6.93. The van der Waals surface area contributed by atoms with Crippen LogP contribution in [0.25, 0.3) is 11.2 Å². The first-order valence-corrected chi connectivity index (χ1v) is 13.9. The zero-order valence-corrected chi connectivity index (χ0v) is 20.9. The number of anilines is 1. The van der Waals surface area contributed by atoms with Gasteiger partial charge in [-0.1, -0.05) is 38.3 Å². The van der Waals surface area contributed by atoms with Crippen molar-refractivity contribution >= 4 is 26.9 Å². The fourth-order valence-electron chi connectivity index (χ4n) is 4.71. The fraction of sp³-hybridized carbons (Fsp3) is 0.542. The first-order valence-electron chi connectivity index (χ1n) is 12.0. The second-order valence-corrected chi connectivity index (χ2v) is 11.1. The molecule has 1 aliphatic rings. The highest BCUT2D eigenvalue weighted by atomic mass is 32.2. The van der Waals surface area contributed by atoms with Crippen molar-refractivity contribution in [3.05, 3.63) is 50.7 Å². The van der Waals surface area contributed by atoms with Gasteiger partial charge >= 0.3 is 5.69 Å². The molecule has 10 heteroatoms. The van der Waals surface area contributed by atoms with Gasteiger partial charge in [0, 0.05) is 25.4 Å². The summed E-state index contributed by atoms with van der Waals surface area (Å²) >= 11 is 0. The highest BCUT2D eigenvalue weighted by molar-refractivity contribution is 7.90. The maximum Gasteiger partial charge on any atom is 0.332 e. The molecule has 34 heavy (non-hydrogen) atoms. The molecule has 1 fully saturated rings. The topological polar surface area (TPSA) is 108 Å². The fourth-order valence-corrected chi connectivity index (χ4v) is 5.34. The minimum absolute atomic E-state index is 0.248. The van der Waals surface area contributed by atoms with Crippen LogP contribution in [0.5, 0.6) is 0 Å². The average molecular weight is 488 g/mol. The standard InChI is InChI=1S/C24H33N5O4S/c1-4-15-28-21-20(22(30)27(5-2)24(28)31)29(23(26-21)25-18-9-7-6-8-10-18)16-17-11-13-19(14-12-17)34(3,32)33/h11-14,18H,4-10,15-16H2,1-3H3,(H,25,26). The zero-order valence-electron chi connectivity index (χ0n) is 20.1. The van der Waals surface area contributed by atoms with Crippen molar-refractivity contribution in [2.45, 2.75) is 82.9 Å². The van der Waals surface area contributed by atoms with Crippen molar-refractivity contribution in [1.82, 2.24) is 18.7 Å². The number of fused-ring (bicyclic) bond motifs is 1. The van der Waals surface area contributed by atoms with E-state index in [0.717, 1.165) is 37.7 Å². The van der Waals surface area contributed by atoms with Gasteiger partial charge in [0.2, 0.25) is 5.95 Å². The summed E-state index contributed by atoms with van der Waals surface area (Å²) in [4.78, 5) is 31.5. The van der Waals surface area contributed by atoms with Gasteiger partial charge in [-0.2, -0.15) is 4.98 Å². The van der Waals surface area contributed by atoms with Crippen LogP contribution in [0.4, 0.5) is 5.95 Å². The number of aryl methyl sites for hydroxylation is 1. The summed E-state index contributed by atoms with van der Waals surface area (Å²) in [7, 11) is -3.30. The first kappa shape index (κ1) is 24.3. The Morgan fingerprint density at radius 1 is 1.00 bits per heavy atom. The number of hydrogen-bond acceptors (Lipinski definition) is 6. The molecule has 1 N–H and O–H groups in total. The molecule has 1 aliphatic carbocycles. The molecule has 184 valence electrons. The van der Waals surface area contributed by atoms with Gasteiger partial charge in [0.05, 0.1) is 11.4 Å². The normalized spacial score (nSPS) is 15.1. The molecular weight excluding hydrogens is 454 g/mol. The van der Waals surface area contributed by atoms with E-state index >= 15 is 0 Å². The number of benzene rings is 1. The maximum atomic E-state index is 13.4. The Hall–Kier alpha value is -2.88. The van der Waals surface area contributed by atoms with E-state index in [0.29, 0.717) is 30.2 Å². The Bertz CT molecular complexity index is 1390. The minimum atomic E-state index is -3.30. The van der Waals surface area contributed by atoms with Crippen LogP contribution in [0.1, 0.15) is 57.9 Å². The van der Waals surface area contributed by atoms with Crippen LogP contribution in [-0.4, -0.2) is 39.4 Å². The van der Waals surface area contributed by atoms with Crippen molar-refractivity contribution in [2.75, 3.05) is 11.6 Å². The predicted molar refractivity (Wildman–Crippen MR) is 133 cm³/mol. The third kappa shape index (κ3) is 4.68. The predicted octanol–water partition coefficient (Wildman–Crippen LogP) is 2.99. The van der Waals surface area contributed by atoms with E-state index in [1.54, 1.807) is 35.8 Å². The summed E-state index contributed by atoms with van der Waals surface area (Å²) in [5, 5.41) is 3.54. The Labute approximate surface area is 199 Å². The van der Waals surface area contributed by atoms with Crippen LogP contribution in [0, 0.1) is 0 Å². The van der Waals surface area contributed by atoms with Gasteiger partial charge in [0.1, 0.15) is 0 Å². The largest absolute Gasteiger partial charge is 0.353 e. The molecule has 4 rings (SSSR count). The first-order chi connectivity index (χ1) is 16.2. The molecule has 0 bridgehead atoms. The van der Waals surface area contributed by atoms with Gasteiger partial charge in [-0.05, 0) is 43.9 Å². The summed E-state index contributed by atoms with van der Waals surface area (Å²) in [6.45, 7) is 4.85. The van der Waals surface area contributed by atoms with Crippen molar-refractivity contribution < 1.29 is 8.42 Å². The van der Waals surface area contributed by atoms with Gasteiger partial charge in [-0.3, -0.25) is 18.5 Å². The molecule has 1 saturated carbocycles. The molecule has 0 aliphatic heterocycles. The lowest BCUT2D eigenvalue weighted by Gasteiger charge is -2.23. The summed E-state index contributed by atoms with van der Waals surface area (Å²) in [5.74, 6) is 0.573. The summed E-state index contributed by atoms with van der Waals surface area (Å²) < 4.78 is 28.4. The molecule has 0 radical (unpaired) electrons. The number of imidazole rings is 1. The molecule has 0 saturated heterocycles. The molecule has 2 heterocycles. The quantitative estimate of drug-likeness (QED) is 0.523. The third-order valence-corrected chi connectivity index (χ3v) is 7.64. The van der Waals surface area contributed by atoms with Gasteiger partial charge in [-0.25, -0.2) is 13.2 Å². The molecule has 0 unspecified atom stereocenters. The Morgan fingerprint density at radius 3 is 2.26 bits per heavy atom. The number of sulfone groups is 1. The highest BCUT2D eigenvalue weighted by Crippen LogP contribution is 2.25. The zero-order chi connectivity index (χ0) is 24.5. The second kappa shape index (κ2) is 9.77. The molecule has 3 aromatic rings. The van der Waals surface area contributed by atoms with Crippen LogP contribution in [-0.2, 0) is 29.5 Å². The van der Waals surface area contributed by atoms with E-state index in [9.17, 15) is 18.0 Å². The molecule has 0 spiro atoms. The smallest absolute Gasteiger partial charge is 0.332 e. The SMILES string of the molecule is CCCn1c(=O)n(CC)c(=O)c2c1nc(NC1CCCCC1)n2Cc1ccc(S(C)(=O)=O)cc1. The van der Waals surface area contributed by atoms with Gasteiger partial charge in [-0.15, -0.1) is 0 Å². The highest BCUT2D eigenvalue weighted by Gasteiger charge is 2.23. The Balaban J connectivity index is 1.89. The molecular formula is C24H33N5O4S. The number of aromatic nitrogens is 4. The molecule has 0 atom stereocenters. The molecule has 9 nitrogen and oxygen atoms in total. The van der Waals surface area contributed by atoms with E-state index in [1.165, 1.54) is 17.2 Å². The Kier molecular flexibility index (Phi) is 6.97. The van der Waals surface area contributed by atoms with E-state index in [2.05, 4.69) is 5.32 Å². The van der Waals surface area contributed by atoms with Gasteiger partial charge in [0.15, 0.2) is 21.0 Å². The van der Waals surface area contributed by atoms with Crippen LogP contribution >= 0.6 is 0 Å². The van der Waals surface area contributed by atoms with Crippen LogP contribution < -0.4 is 16.6 Å².